The predicted molar refractivity (Wildman–Crippen MR) is 132 cm³/mol. The molecule has 0 radical (unpaired) electrons. The molecule has 4 rings (SSSR count). The second-order valence-electron chi connectivity index (χ2n) is 10.4. The number of hydrogen-bond acceptors (Lipinski definition) is 3. The molecule has 1 spiro atoms. The zero-order valence-electron chi connectivity index (χ0n) is 19.1. The molecular weight excluding hydrogens is 488 g/mol. The van der Waals surface area contributed by atoms with Crippen LogP contribution in [0.1, 0.15) is 69.3 Å². The van der Waals surface area contributed by atoms with Gasteiger partial charge in [0, 0.05) is 33.2 Å². The number of halogens is 1. The Bertz CT molecular complexity index is 1150. The fourth-order valence-corrected chi connectivity index (χ4v) is 6.80. The lowest BCUT2D eigenvalue weighted by Gasteiger charge is -2.37. The fourth-order valence-electron chi connectivity index (χ4n) is 4.98. The summed E-state index contributed by atoms with van der Waals surface area (Å²) < 4.78 is 29.3. The summed E-state index contributed by atoms with van der Waals surface area (Å²) >= 11 is 3.61. The van der Waals surface area contributed by atoms with Gasteiger partial charge in [0.25, 0.3) is 5.91 Å². The van der Waals surface area contributed by atoms with Gasteiger partial charge in [0.15, 0.2) is 0 Å². The van der Waals surface area contributed by atoms with Crippen molar-refractivity contribution in [2.75, 3.05) is 11.4 Å². The molecule has 0 aromatic heterocycles. The van der Waals surface area contributed by atoms with Crippen LogP contribution in [0.5, 0.6) is 0 Å². The Morgan fingerprint density at radius 3 is 2.47 bits per heavy atom. The van der Waals surface area contributed by atoms with E-state index in [0.717, 1.165) is 35.8 Å². The SMILES string of the molecule is CC1CCC2(CC1)CN(C(=O)c1cccc(S(=O)(=O)NC(C)(C)C)c1)c1ccc(Br)cc12. The normalized spacial score (nSPS) is 23.4. The van der Waals surface area contributed by atoms with Crippen molar-refractivity contribution in [2.45, 2.75) is 69.2 Å². The first-order valence-electron chi connectivity index (χ1n) is 11.2. The van der Waals surface area contributed by atoms with E-state index < -0.39 is 15.6 Å². The Morgan fingerprint density at radius 2 is 1.81 bits per heavy atom. The standard InChI is InChI=1S/C25H31BrN2O3S/c1-17-10-12-25(13-11-17)16-28(22-9-8-19(26)15-21(22)25)23(29)18-6-5-7-20(14-18)32(30,31)27-24(2,3)4/h5-9,14-15,17,27H,10-13,16H2,1-4H3. The molecule has 5 nitrogen and oxygen atoms in total. The maximum absolute atomic E-state index is 13.6. The quantitative estimate of drug-likeness (QED) is 0.571. The number of benzene rings is 2. The van der Waals surface area contributed by atoms with Crippen LogP contribution >= 0.6 is 15.9 Å². The molecule has 0 atom stereocenters. The highest BCUT2D eigenvalue weighted by Gasteiger charge is 2.46. The van der Waals surface area contributed by atoms with Gasteiger partial charge in [0.05, 0.1) is 4.90 Å². The van der Waals surface area contributed by atoms with Crippen LogP contribution in [0.4, 0.5) is 5.69 Å². The highest BCUT2D eigenvalue weighted by Crippen LogP contribution is 2.51. The summed E-state index contributed by atoms with van der Waals surface area (Å²) in [5.41, 5.74) is 1.92. The maximum Gasteiger partial charge on any atom is 0.258 e. The fraction of sp³-hybridized carbons (Fsp3) is 0.480. The Kier molecular flexibility index (Phi) is 6.06. The lowest BCUT2D eigenvalue weighted by atomic mass is 9.68. The Hall–Kier alpha value is -1.70. The lowest BCUT2D eigenvalue weighted by Crippen LogP contribution is -2.41. The van der Waals surface area contributed by atoms with Gasteiger partial charge in [-0.15, -0.1) is 0 Å². The molecule has 2 aromatic carbocycles. The molecule has 0 unspecified atom stereocenters. The van der Waals surface area contributed by atoms with Crippen LogP contribution in [0.15, 0.2) is 51.8 Å². The number of rotatable bonds is 3. The third kappa shape index (κ3) is 4.52. The molecule has 1 aliphatic heterocycles. The van der Waals surface area contributed by atoms with Crippen molar-refractivity contribution in [3.05, 3.63) is 58.1 Å². The average Bonchev–Trinajstić information content (AvgIpc) is 3.02. The van der Waals surface area contributed by atoms with E-state index in [-0.39, 0.29) is 16.2 Å². The molecule has 1 fully saturated rings. The van der Waals surface area contributed by atoms with Gasteiger partial charge >= 0.3 is 0 Å². The lowest BCUT2D eigenvalue weighted by molar-refractivity contribution is 0.0981. The minimum Gasteiger partial charge on any atom is -0.307 e. The van der Waals surface area contributed by atoms with Crippen molar-refractivity contribution in [1.82, 2.24) is 4.72 Å². The van der Waals surface area contributed by atoms with Crippen LogP contribution in [0.3, 0.4) is 0 Å². The molecule has 2 aromatic rings. The summed E-state index contributed by atoms with van der Waals surface area (Å²) in [5.74, 6) is 0.551. The second-order valence-corrected chi connectivity index (χ2v) is 13.0. The largest absolute Gasteiger partial charge is 0.307 e. The van der Waals surface area contributed by atoms with Gasteiger partial charge in [-0.1, -0.05) is 28.9 Å². The van der Waals surface area contributed by atoms with Crippen LogP contribution in [0, 0.1) is 5.92 Å². The molecule has 1 amide bonds. The van der Waals surface area contributed by atoms with Crippen LogP contribution in [-0.2, 0) is 15.4 Å². The highest BCUT2D eigenvalue weighted by molar-refractivity contribution is 9.10. The van der Waals surface area contributed by atoms with Crippen molar-refractivity contribution in [1.29, 1.82) is 0 Å². The van der Waals surface area contributed by atoms with Crippen LogP contribution in [0.2, 0.25) is 0 Å². The molecule has 1 saturated carbocycles. The Balaban J connectivity index is 1.69. The van der Waals surface area contributed by atoms with Crippen molar-refractivity contribution in [2.24, 2.45) is 5.92 Å². The Labute approximate surface area is 199 Å². The summed E-state index contributed by atoms with van der Waals surface area (Å²) in [6.07, 6.45) is 4.43. The summed E-state index contributed by atoms with van der Waals surface area (Å²) in [6.45, 7) is 8.32. The average molecular weight is 520 g/mol. The van der Waals surface area contributed by atoms with Gasteiger partial charge < -0.3 is 4.90 Å². The zero-order valence-corrected chi connectivity index (χ0v) is 21.5. The predicted octanol–water partition coefficient (Wildman–Crippen LogP) is 5.63. The molecule has 2 aliphatic rings. The third-order valence-electron chi connectivity index (χ3n) is 6.59. The summed E-state index contributed by atoms with van der Waals surface area (Å²) in [5, 5.41) is 0. The van der Waals surface area contributed by atoms with Gasteiger partial charge in [0.1, 0.15) is 0 Å². The minimum absolute atomic E-state index is 0.0290. The zero-order chi connectivity index (χ0) is 23.3. The van der Waals surface area contributed by atoms with Crippen molar-refractivity contribution < 1.29 is 13.2 Å². The Morgan fingerprint density at radius 1 is 1.12 bits per heavy atom. The van der Waals surface area contributed by atoms with E-state index in [0.29, 0.717) is 18.0 Å². The van der Waals surface area contributed by atoms with Gasteiger partial charge in [0.2, 0.25) is 10.0 Å². The van der Waals surface area contributed by atoms with Crippen molar-refractivity contribution in [3.8, 4) is 0 Å². The smallest absolute Gasteiger partial charge is 0.258 e. The van der Waals surface area contributed by atoms with Gasteiger partial charge in [-0.3, -0.25) is 4.79 Å². The van der Waals surface area contributed by atoms with E-state index in [1.54, 1.807) is 32.9 Å². The van der Waals surface area contributed by atoms with Crippen LogP contribution in [-0.4, -0.2) is 26.4 Å². The topological polar surface area (TPSA) is 66.5 Å². The van der Waals surface area contributed by atoms with E-state index in [1.807, 2.05) is 17.0 Å². The van der Waals surface area contributed by atoms with E-state index in [4.69, 9.17) is 0 Å². The monoisotopic (exact) mass is 518 g/mol. The van der Waals surface area contributed by atoms with Crippen molar-refractivity contribution >= 4 is 37.5 Å². The first kappa shape index (κ1) is 23.5. The number of carbonyl (C=O) groups excluding carboxylic acids is 1. The number of anilines is 1. The number of hydrogen-bond donors (Lipinski definition) is 1. The van der Waals surface area contributed by atoms with E-state index in [1.165, 1.54) is 17.7 Å². The molecule has 1 N–H and O–H groups in total. The number of sulfonamides is 1. The third-order valence-corrected chi connectivity index (χ3v) is 8.84. The van der Waals surface area contributed by atoms with Gasteiger partial charge in [-0.25, -0.2) is 13.1 Å². The molecule has 172 valence electrons. The number of carbonyl (C=O) groups is 1. The number of nitrogens with zero attached hydrogens (tertiary/aromatic N) is 1. The summed E-state index contributed by atoms with van der Waals surface area (Å²) in [6, 6.07) is 12.5. The van der Waals surface area contributed by atoms with E-state index in [9.17, 15) is 13.2 Å². The summed E-state index contributed by atoms with van der Waals surface area (Å²) in [4.78, 5) is 15.6. The minimum atomic E-state index is -3.72. The van der Waals surface area contributed by atoms with Crippen molar-refractivity contribution in [3.63, 3.8) is 0 Å². The summed E-state index contributed by atoms with van der Waals surface area (Å²) in [7, 11) is -3.72. The number of nitrogens with one attached hydrogen (secondary N) is 1. The maximum atomic E-state index is 13.6. The molecule has 0 bridgehead atoms. The number of fused-ring (bicyclic) bond motifs is 2. The first-order chi connectivity index (χ1) is 14.9. The second kappa shape index (κ2) is 8.26. The van der Waals surface area contributed by atoms with Crippen LogP contribution in [0.25, 0.3) is 0 Å². The molecular formula is C25H31BrN2O3S. The molecule has 32 heavy (non-hydrogen) atoms. The van der Waals surface area contributed by atoms with E-state index in [2.05, 4.69) is 33.6 Å². The molecule has 0 saturated heterocycles. The molecule has 1 aliphatic carbocycles. The van der Waals surface area contributed by atoms with Gasteiger partial charge in [-0.2, -0.15) is 0 Å². The first-order valence-corrected chi connectivity index (χ1v) is 13.4. The highest BCUT2D eigenvalue weighted by atomic mass is 79.9. The molecule has 7 heteroatoms. The molecule has 1 heterocycles. The number of amides is 1. The van der Waals surface area contributed by atoms with E-state index >= 15 is 0 Å². The van der Waals surface area contributed by atoms with Gasteiger partial charge in [-0.05, 0) is 94.3 Å². The van der Waals surface area contributed by atoms with Crippen LogP contribution < -0.4 is 9.62 Å².